The van der Waals surface area contributed by atoms with Crippen molar-refractivity contribution in [2.24, 2.45) is 11.1 Å². The number of nitrogens with zero attached hydrogens (tertiary/aromatic N) is 4. The van der Waals surface area contributed by atoms with Crippen LogP contribution in [0.4, 0.5) is 16.3 Å². The summed E-state index contributed by atoms with van der Waals surface area (Å²) in [7, 11) is -1.85. The van der Waals surface area contributed by atoms with Crippen molar-refractivity contribution in [3.63, 3.8) is 0 Å². The molecule has 11 nitrogen and oxygen atoms in total. The van der Waals surface area contributed by atoms with Gasteiger partial charge in [-0.3, -0.25) is 0 Å². The first-order chi connectivity index (χ1) is 19.1. The molecule has 0 unspecified atom stereocenters. The number of nitrogens with one attached hydrogen (secondary N) is 2. The highest BCUT2D eigenvalue weighted by atomic mass is 35.5. The minimum Gasteiger partial charge on any atom is -0.376 e. The summed E-state index contributed by atoms with van der Waals surface area (Å²) in [5.41, 5.74) is 6.79. The zero-order valence-corrected chi connectivity index (χ0v) is 25.1. The van der Waals surface area contributed by atoms with Gasteiger partial charge in [0.2, 0.25) is 10.0 Å². The molecule has 1 aromatic heterocycles. The maximum absolute atomic E-state index is 12.7. The van der Waals surface area contributed by atoms with Crippen molar-refractivity contribution in [1.82, 2.24) is 19.6 Å². The summed E-state index contributed by atoms with van der Waals surface area (Å²) in [6.07, 6.45) is 6.42. The number of carbonyl (C=O) groups excluding carboxylic acids is 1. The standard InChI is InChI=1S/C26H36ClN7O4S2/c1-17-24(28)26(16-38-17)8-12-34(13-9-26)21-14-30-22(15-29-21)39-20-5-3-4-19(23(20)27)31-25(35)32-40(36,37)18-6-10-33(2)11-7-18/h3-5,14-15,17-18,24H,6-13,16,28H2,1-2H3,(H2,31,32,35)/t17-,24+/m0/s1. The second-order valence-electron chi connectivity index (χ2n) is 10.9. The lowest BCUT2D eigenvalue weighted by Crippen LogP contribution is -2.50. The Morgan fingerprint density at radius 1 is 1.18 bits per heavy atom. The van der Waals surface area contributed by atoms with Crippen molar-refractivity contribution in [3.05, 3.63) is 35.6 Å². The van der Waals surface area contributed by atoms with Gasteiger partial charge in [-0.1, -0.05) is 29.4 Å². The molecule has 1 aromatic carbocycles. The number of benzene rings is 1. The Morgan fingerprint density at radius 2 is 1.90 bits per heavy atom. The number of hydrogen-bond acceptors (Lipinski definition) is 10. The smallest absolute Gasteiger partial charge is 0.332 e. The molecule has 3 aliphatic rings. The van der Waals surface area contributed by atoms with Gasteiger partial charge in [-0.25, -0.2) is 27.9 Å². The molecule has 0 radical (unpaired) electrons. The zero-order chi connectivity index (χ0) is 28.5. The van der Waals surface area contributed by atoms with E-state index in [1.807, 2.05) is 14.0 Å². The van der Waals surface area contributed by atoms with Crippen LogP contribution in [0.25, 0.3) is 0 Å². The molecule has 3 aliphatic heterocycles. The van der Waals surface area contributed by atoms with E-state index in [2.05, 4.69) is 29.8 Å². The fourth-order valence-corrected chi connectivity index (χ4v) is 8.01. The van der Waals surface area contributed by atoms with Gasteiger partial charge in [-0.05, 0) is 64.9 Å². The van der Waals surface area contributed by atoms with Crippen LogP contribution in [0.5, 0.6) is 0 Å². The minimum absolute atomic E-state index is 0.0446. The molecule has 14 heteroatoms. The Morgan fingerprint density at radius 3 is 2.52 bits per heavy atom. The van der Waals surface area contributed by atoms with E-state index in [0.717, 1.165) is 38.4 Å². The maximum atomic E-state index is 12.7. The van der Waals surface area contributed by atoms with Crippen molar-refractivity contribution in [2.45, 2.75) is 59.9 Å². The first kappa shape index (κ1) is 29.3. The third-order valence-electron chi connectivity index (χ3n) is 8.31. The number of carbonyl (C=O) groups is 1. The van der Waals surface area contributed by atoms with E-state index >= 15 is 0 Å². The Bertz CT molecular complexity index is 1310. The molecule has 0 bridgehead atoms. The summed E-state index contributed by atoms with van der Waals surface area (Å²) < 4.78 is 33.3. The molecule has 2 atom stereocenters. The third kappa shape index (κ3) is 6.34. The van der Waals surface area contributed by atoms with Gasteiger partial charge in [0.05, 0.1) is 41.1 Å². The number of hydrogen-bond donors (Lipinski definition) is 3. The number of sulfonamides is 1. The number of likely N-dealkylation sites (tertiary alicyclic amines) is 1. The third-order valence-corrected chi connectivity index (χ3v) is 11.6. The molecular formula is C26H36ClN7O4S2. The predicted octanol–water partition coefficient (Wildman–Crippen LogP) is 3.16. The van der Waals surface area contributed by atoms with Gasteiger partial charge in [0.1, 0.15) is 10.8 Å². The first-order valence-electron chi connectivity index (χ1n) is 13.5. The zero-order valence-electron chi connectivity index (χ0n) is 22.7. The number of rotatable bonds is 6. The van der Waals surface area contributed by atoms with Crippen LogP contribution in [0, 0.1) is 5.41 Å². The summed E-state index contributed by atoms with van der Waals surface area (Å²) in [6.45, 7) is 5.80. The van der Waals surface area contributed by atoms with Crippen LogP contribution < -0.4 is 20.7 Å². The number of aromatic nitrogens is 2. The van der Waals surface area contributed by atoms with E-state index in [1.165, 1.54) is 11.8 Å². The molecule has 1 spiro atoms. The first-order valence-corrected chi connectivity index (χ1v) is 16.2. The average Bonchev–Trinajstić information content (AvgIpc) is 3.20. The highest BCUT2D eigenvalue weighted by molar-refractivity contribution is 7.99. The molecule has 5 rings (SSSR count). The normalized spacial score (nSPS) is 23.9. The van der Waals surface area contributed by atoms with Crippen LogP contribution in [0.2, 0.25) is 5.02 Å². The second kappa shape index (κ2) is 12.0. The van der Waals surface area contributed by atoms with Crippen LogP contribution in [0.1, 0.15) is 32.6 Å². The number of ether oxygens (including phenoxy) is 1. The summed E-state index contributed by atoms with van der Waals surface area (Å²) in [4.78, 5) is 26.7. The number of halogens is 1. The average molecular weight is 610 g/mol. The number of amides is 2. The Labute approximate surface area is 244 Å². The Hall–Kier alpha value is -2.16. The second-order valence-corrected chi connectivity index (χ2v) is 14.3. The number of nitrogens with two attached hydrogens (primary N) is 1. The van der Waals surface area contributed by atoms with Crippen molar-refractivity contribution in [2.75, 3.05) is 50.1 Å². The number of piperidine rings is 2. The van der Waals surface area contributed by atoms with Gasteiger partial charge in [-0.2, -0.15) is 0 Å². The van der Waals surface area contributed by atoms with Crippen molar-refractivity contribution >= 4 is 50.9 Å². The van der Waals surface area contributed by atoms with Crippen LogP contribution in [0.15, 0.2) is 40.5 Å². The van der Waals surface area contributed by atoms with E-state index in [1.54, 1.807) is 30.6 Å². The van der Waals surface area contributed by atoms with E-state index < -0.39 is 21.3 Å². The fourth-order valence-electron chi connectivity index (χ4n) is 5.63. The largest absolute Gasteiger partial charge is 0.376 e. The molecule has 218 valence electrons. The molecule has 2 aromatic rings. The monoisotopic (exact) mass is 609 g/mol. The Balaban J connectivity index is 1.17. The molecular weight excluding hydrogens is 574 g/mol. The predicted molar refractivity (Wildman–Crippen MR) is 156 cm³/mol. The van der Waals surface area contributed by atoms with E-state index in [4.69, 9.17) is 22.1 Å². The van der Waals surface area contributed by atoms with Crippen molar-refractivity contribution in [1.29, 1.82) is 0 Å². The highest BCUT2D eigenvalue weighted by Crippen LogP contribution is 2.42. The molecule has 40 heavy (non-hydrogen) atoms. The highest BCUT2D eigenvalue weighted by Gasteiger charge is 2.47. The topological polar surface area (TPSA) is 143 Å². The van der Waals surface area contributed by atoms with Gasteiger partial charge in [0.25, 0.3) is 0 Å². The van der Waals surface area contributed by atoms with Crippen molar-refractivity contribution < 1.29 is 17.9 Å². The van der Waals surface area contributed by atoms with Gasteiger partial charge in [0, 0.05) is 29.4 Å². The quantitative estimate of drug-likeness (QED) is 0.447. The fraction of sp³-hybridized carbons (Fsp3) is 0.577. The lowest BCUT2D eigenvalue weighted by Gasteiger charge is -2.41. The van der Waals surface area contributed by atoms with Gasteiger partial charge in [0.15, 0.2) is 0 Å². The van der Waals surface area contributed by atoms with E-state index in [-0.39, 0.29) is 22.6 Å². The minimum atomic E-state index is -3.79. The van der Waals surface area contributed by atoms with Gasteiger partial charge < -0.3 is 25.6 Å². The van der Waals surface area contributed by atoms with Gasteiger partial charge >= 0.3 is 6.03 Å². The van der Waals surface area contributed by atoms with E-state index in [9.17, 15) is 13.2 Å². The SMILES string of the molecule is C[C@@H]1OCC2(CCN(c3cnc(Sc4cccc(NC(=O)NS(=O)(=O)C5CCN(C)CC5)c4Cl)cn3)CC2)[C@@H]1N. The molecule has 3 saturated heterocycles. The molecule has 4 heterocycles. The molecule has 4 N–H and O–H groups in total. The van der Waals surface area contributed by atoms with Crippen LogP contribution in [0.3, 0.4) is 0 Å². The Kier molecular flexibility index (Phi) is 8.79. The molecule has 0 saturated carbocycles. The lowest BCUT2D eigenvalue weighted by atomic mass is 9.73. The van der Waals surface area contributed by atoms with Crippen LogP contribution >= 0.6 is 23.4 Å². The molecule has 2 amide bonds. The molecule has 0 aliphatic carbocycles. The van der Waals surface area contributed by atoms with Gasteiger partial charge in [-0.15, -0.1) is 0 Å². The summed E-state index contributed by atoms with van der Waals surface area (Å²) in [5, 5.41) is 2.91. The van der Waals surface area contributed by atoms with Crippen molar-refractivity contribution in [3.8, 4) is 0 Å². The number of urea groups is 1. The summed E-state index contributed by atoms with van der Waals surface area (Å²) >= 11 is 7.89. The number of anilines is 2. The lowest BCUT2D eigenvalue weighted by molar-refractivity contribution is 0.0974. The summed E-state index contributed by atoms with van der Waals surface area (Å²) in [6, 6.07) is 4.38. The summed E-state index contributed by atoms with van der Waals surface area (Å²) in [5.74, 6) is 0.809. The van der Waals surface area contributed by atoms with Crippen LogP contribution in [-0.4, -0.2) is 86.5 Å². The van der Waals surface area contributed by atoms with Crippen LogP contribution in [-0.2, 0) is 14.8 Å². The molecule has 3 fully saturated rings. The maximum Gasteiger partial charge on any atom is 0.332 e. The van der Waals surface area contributed by atoms with E-state index in [0.29, 0.717) is 41.5 Å².